The molecule has 1 atom stereocenters. The van der Waals surface area contributed by atoms with Gasteiger partial charge in [-0.3, -0.25) is 4.90 Å². The SMILES string of the molecule is C=C/C=C(\C=C/C)C(SCCN1CCNCC1)c1ccccc1. The molecule has 3 heteroatoms. The summed E-state index contributed by atoms with van der Waals surface area (Å²) in [6, 6.07) is 10.8. The topological polar surface area (TPSA) is 15.3 Å². The van der Waals surface area contributed by atoms with Gasteiger partial charge in [-0.1, -0.05) is 61.2 Å². The second kappa shape index (κ2) is 10.5. The Morgan fingerprint density at radius 1 is 1.30 bits per heavy atom. The fraction of sp³-hybridized carbons (Fsp3) is 0.400. The molecule has 0 radical (unpaired) electrons. The van der Waals surface area contributed by atoms with Crippen molar-refractivity contribution in [1.82, 2.24) is 10.2 Å². The van der Waals surface area contributed by atoms with Crippen LogP contribution >= 0.6 is 11.8 Å². The van der Waals surface area contributed by atoms with E-state index in [0.29, 0.717) is 5.25 Å². The van der Waals surface area contributed by atoms with Gasteiger partial charge in [-0.2, -0.15) is 0 Å². The minimum absolute atomic E-state index is 0.369. The van der Waals surface area contributed by atoms with Crippen LogP contribution in [0.25, 0.3) is 0 Å². The first-order valence-corrected chi connectivity index (χ1v) is 9.45. The lowest BCUT2D eigenvalue weighted by Gasteiger charge is -2.28. The molecule has 1 aliphatic rings. The van der Waals surface area contributed by atoms with Crippen molar-refractivity contribution in [3.8, 4) is 0 Å². The lowest BCUT2D eigenvalue weighted by Crippen LogP contribution is -2.44. The van der Waals surface area contributed by atoms with Gasteiger partial charge in [-0.15, -0.1) is 11.8 Å². The van der Waals surface area contributed by atoms with Crippen molar-refractivity contribution in [1.29, 1.82) is 0 Å². The van der Waals surface area contributed by atoms with E-state index in [2.05, 4.69) is 72.3 Å². The maximum Gasteiger partial charge on any atom is 0.0546 e. The average molecular weight is 329 g/mol. The predicted molar refractivity (Wildman–Crippen MR) is 104 cm³/mol. The van der Waals surface area contributed by atoms with E-state index in [1.165, 1.54) is 24.2 Å². The van der Waals surface area contributed by atoms with Crippen LogP contribution in [0.5, 0.6) is 0 Å². The number of hydrogen-bond donors (Lipinski definition) is 1. The highest BCUT2D eigenvalue weighted by molar-refractivity contribution is 7.99. The van der Waals surface area contributed by atoms with Crippen LogP contribution in [0.1, 0.15) is 17.7 Å². The van der Waals surface area contributed by atoms with Crippen LogP contribution in [0.2, 0.25) is 0 Å². The number of thioether (sulfide) groups is 1. The molecule has 1 aliphatic heterocycles. The fourth-order valence-corrected chi connectivity index (χ4v) is 4.10. The van der Waals surface area contributed by atoms with Gasteiger partial charge in [0, 0.05) is 38.5 Å². The summed E-state index contributed by atoms with van der Waals surface area (Å²) in [7, 11) is 0. The Kier molecular flexibility index (Phi) is 8.23. The van der Waals surface area contributed by atoms with Gasteiger partial charge in [0.25, 0.3) is 0 Å². The Labute approximate surface area is 145 Å². The van der Waals surface area contributed by atoms with E-state index in [0.717, 1.165) is 25.4 Å². The molecule has 1 unspecified atom stereocenters. The Hall–Kier alpha value is -1.29. The Morgan fingerprint density at radius 2 is 2.04 bits per heavy atom. The summed E-state index contributed by atoms with van der Waals surface area (Å²) in [5.41, 5.74) is 2.68. The van der Waals surface area contributed by atoms with Gasteiger partial charge in [0.1, 0.15) is 0 Å². The Balaban J connectivity index is 2.04. The zero-order chi connectivity index (χ0) is 16.3. The highest BCUT2D eigenvalue weighted by Crippen LogP contribution is 2.36. The molecule has 1 aromatic carbocycles. The number of nitrogens with zero attached hydrogens (tertiary/aromatic N) is 1. The van der Waals surface area contributed by atoms with Crippen molar-refractivity contribution in [3.63, 3.8) is 0 Å². The van der Waals surface area contributed by atoms with E-state index >= 15 is 0 Å². The van der Waals surface area contributed by atoms with Gasteiger partial charge in [0.15, 0.2) is 0 Å². The number of benzene rings is 1. The number of hydrogen-bond acceptors (Lipinski definition) is 3. The molecule has 2 rings (SSSR count). The average Bonchev–Trinajstić information content (AvgIpc) is 2.60. The molecule has 1 aromatic rings. The smallest absolute Gasteiger partial charge is 0.0546 e. The number of piperazine rings is 1. The van der Waals surface area contributed by atoms with E-state index in [9.17, 15) is 0 Å². The monoisotopic (exact) mass is 328 g/mol. The van der Waals surface area contributed by atoms with Crippen molar-refractivity contribution in [2.45, 2.75) is 12.2 Å². The molecule has 2 nitrogen and oxygen atoms in total. The maximum atomic E-state index is 3.88. The second-order valence-electron chi connectivity index (χ2n) is 5.66. The molecule has 1 saturated heterocycles. The third kappa shape index (κ3) is 6.02. The lowest BCUT2D eigenvalue weighted by atomic mass is 10.0. The number of allylic oxidation sites excluding steroid dienone is 4. The standard InChI is InChI=1S/C20H28N2S/c1-3-8-18(9-4-2)20(19-10-6-5-7-11-19)23-17-16-22-14-12-21-13-15-22/h3-11,20-21H,1,12-17H2,2H3/b9-4-,18-8+. The molecule has 0 spiro atoms. The number of rotatable bonds is 8. The molecule has 1 heterocycles. The second-order valence-corrected chi connectivity index (χ2v) is 6.87. The van der Waals surface area contributed by atoms with Crippen LogP contribution in [0.3, 0.4) is 0 Å². The molecule has 0 aromatic heterocycles. The van der Waals surface area contributed by atoms with E-state index in [4.69, 9.17) is 0 Å². The van der Waals surface area contributed by atoms with Crippen molar-refractivity contribution >= 4 is 11.8 Å². The highest BCUT2D eigenvalue weighted by Gasteiger charge is 2.16. The number of nitrogens with one attached hydrogen (secondary N) is 1. The third-order valence-electron chi connectivity index (χ3n) is 3.98. The van der Waals surface area contributed by atoms with Crippen molar-refractivity contribution in [2.24, 2.45) is 0 Å². The third-order valence-corrected chi connectivity index (χ3v) is 5.27. The fourth-order valence-electron chi connectivity index (χ4n) is 2.81. The molecule has 0 saturated carbocycles. The van der Waals surface area contributed by atoms with Gasteiger partial charge >= 0.3 is 0 Å². The lowest BCUT2D eigenvalue weighted by molar-refractivity contribution is 0.255. The molecule has 0 bridgehead atoms. The molecule has 0 amide bonds. The Bertz CT molecular complexity index is 516. The molecule has 23 heavy (non-hydrogen) atoms. The summed E-state index contributed by atoms with van der Waals surface area (Å²) < 4.78 is 0. The first-order valence-electron chi connectivity index (χ1n) is 8.40. The normalized spacial score (nSPS) is 18.2. The van der Waals surface area contributed by atoms with E-state index < -0.39 is 0 Å². The van der Waals surface area contributed by atoms with Crippen LogP contribution in [0.4, 0.5) is 0 Å². The quantitative estimate of drug-likeness (QED) is 0.725. The largest absolute Gasteiger partial charge is 0.314 e. The molecule has 1 fully saturated rings. The van der Waals surface area contributed by atoms with Gasteiger partial charge in [0.2, 0.25) is 0 Å². The minimum atomic E-state index is 0.369. The van der Waals surface area contributed by atoms with Crippen LogP contribution in [-0.4, -0.2) is 43.4 Å². The molecular formula is C20H28N2S. The van der Waals surface area contributed by atoms with Gasteiger partial charge in [-0.25, -0.2) is 0 Å². The van der Waals surface area contributed by atoms with Crippen LogP contribution in [0, 0.1) is 0 Å². The predicted octanol–water partition coefficient (Wildman–Crippen LogP) is 4.05. The van der Waals surface area contributed by atoms with Crippen molar-refractivity contribution in [2.75, 3.05) is 38.5 Å². The van der Waals surface area contributed by atoms with Crippen molar-refractivity contribution < 1.29 is 0 Å². The zero-order valence-corrected chi connectivity index (χ0v) is 14.9. The maximum absolute atomic E-state index is 3.88. The van der Waals surface area contributed by atoms with E-state index in [-0.39, 0.29) is 0 Å². The Morgan fingerprint density at radius 3 is 2.70 bits per heavy atom. The van der Waals surface area contributed by atoms with Crippen LogP contribution in [0.15, 0.2) is 66.8 Å². The van der Waals surface area contributed by atoms with Crippen molar-refractivity contribution in [3.05, 3.63) is 72.4 Å². The van der Waals surface area contributed by atoms with E-state index in [1.807, 2.05) is 17.8 Å². The van der Waals surface area contributed by atoms with Gasteiger partial charge in [-0.05, 0) is 18.1 Å². The van der Waals surface area contributed by atoms with Crippen LogP contribution in [-0.2, 0) is 0 Å². The summed E-state index contributed by atoms with van der Waals surface area (Å²) in [5.74, 6) is 1.14. The zero-order valence-electron chi connectivity index (χ0n) is 14.1. The molecule has 0 aliphatic carbocycles. The van der Waals surface area contributed by atoms with Gasteiger partial charge < -0.3 is 5.32 Å². The first kappa shape index (κ1) is 18.1. The summed E-state index contributed by atoms with van der Waals surface area (Å²) in [4.78, 5) is 2.55. The summed E-state index contributed by atoms with van der Waals surface area (Å²) >= 11 is 2.03. The molecular weight excluding hydrogens is 300 g/mol. The highest BCUT2D eigenvalue weighted by atomic mass is 32.2. The first-order chi connectivity index (χ1) is 11.3. The molecule has 124 valence electrons. The van der Waals surface area contributed by atoms with E-state index in [1.54, 1.807) is 0 Å². The summed E-state index contributed by atoms with van der Waals surface area (Å²) in [6.45, 7) is 11.7. The molecule has 1 N–H and O–H groups in total. The summed E-state index contributed by atoms with van der Waals surface area (Å²) in [5, 5.41) is 3.78. The van der Waals surface area contributed by atoms with Crippen LogP contribution < -0.4 is 5.32 Å². The van der Waals surface area contributed by atoms with Gasteiger partial charge in [0.05, 0.1) is 5.25 Å². The minimum Gasteiger partial charge on any atom is -0.314 e. The summed E-state index contributed by atoms with van der Waals surface area (Å²) in [6.07, 6.45) is 8.34.